The van der Waals surface area contributed by atoms with Crippen LogP contribution in [0.3, 0.4) is 0 Å². The number of hydrogen-bond donors (Lipinski definition) is 2. The Morgan fingerprint density at radius 1 is 1.35 bits per heavy atom. The van der Waals surface area contributed by atoms with Gasteiger partial charge in [0.2, 0.25) is 0 Å². The van der Waals surface area contributed by atoms with E-state index >= 15 is 0 Å². The van der Waals surface area contributed by atoms with Crippen LogP contribution >= 0.6 is 0 Å². The molecule has 4 nitrogen and oxygen atoms in total. The van der Waals surface area contributed by atoms with Gasteiger partial charge in [0.25, 0.3) is 0 Å². The molecule has 0 radical (unpaired) electrons. The molecule has 1 aromatic heterocycles. The first kappa shape index (κ1) is 15.5. The van der Waals surface area contributed by atoms with E-state index in [-0.39, 0.29) is 12.1 Å². The summed E-state index contributed by atoms with van der Waals surface area (Å²) in [6.45, 7) is 8.43. The van der Waals surface area contributed by atoms with Crippen molar-refractivity contribution in [2.24, 2.45) is 0 Å². The standard InChI is InChI=1S/C16H29N3O/c1-4-17-16(3,12-20)10-7-11-19-13(2)18-14-8-5-6-9-15(14)19/h17,20H,4-12H2,1-3H3. The molecule has 0 amide bonds. The number of imidazole rings is 1. The minimum atomic E-state index is -0.150. The van der Waals surface area contributed by atoms with Crippen LogP contribution in [0.15, 0.2) is 0 Å². The predicted molar refractivity (Wildman–Crippen MR) is 82.0 cm³/mol. The van der Waals surface area contributed by atoms with Crippen molar-refractivity contribution >= 4 is 0 Å². The smallest absolute Gasteiger partial charge is 0.106 e. The van der Waals surface area contributed by atoms with E-state index in [0.29, 0.717) is 0 Å². The topological polar surface area (TPSA) is 50.1 Å². The predicted octanol–water partition coefficient (Wildman–Crippen LogP) is 2.21. The highest BCUT2D eigenvalue weighted by atomic mass is 16.3. The van der Waals surface area contributed by atoms with Gasteiger partial charge < -0.3 is 15.0 Å². The summed E-state index contributed by atoms with van der Waals surface area (Å²) in [6.07, 6.45) is 6.98. The van der Waals surface area contributed by atoms with E-state index in [0.717, 1.165) is 38.2 Å². The SMILES string of the molecule is CCNC(C)(CO)CCCn1c(C)nc2c1CCCC2. The molecule has 1 heterocycles. The van der Waals surface area contributed by atoms with Gasteiger partial charge in [0.1, 0.15) is 5.82 Å². The molecule has 114 valence electrons. The van der Waals surface area contributed by atoms with Crippen molar-refractivity contribution in [2.45, 2.75) is 71.4 Å². The number of aromatic nitrogens is 2. The Labute approximate surface area is 122 Å². The van der Waals surface area contributed by atoms with Crippen LogP contribution in [0.2, 0.25) is 0 Å². The fourth-order valence-corrected chi connectivity index (χ4v) is 3.31. The van der Waals surface area contributed by atoms with Crippen LogP contribution in [0.25, 0.3) is 0 Å². The Morgan fingerprint density at radius 2 is 2.10 bits per heavy atom. The maximum atomic E-state index is 9.54. The summed E-state index contributed by atoms with van der Waals surface area (Å²) in [6, 6.07) is 0. The average molecular weight is 279 g/mol. The number of aliphatic hydroxyl groups excluding tert-OH is 1. The van der Waals surface area contributed by atoms with Crippen molar-refractivity contribution in [3.05, 3.63) is 17.2 Å². The zero-order valence-electron chi connectivity index (χ0n) is 13.2. The van der Waals surface area contributed by atoms with Crippen molar-refractivity contribution in [3.63, 3.8) is 0 Å². The second kappa shape index (κ2) is 6.72. The van der Waals surface area contributed by atoms with Crippen LogP contribution in [0.1, 0.15) is 56.7 Å². The summed E-state index contributed by atoms with van der Waals surface area (Å²) in [7, 11) is 0. The lowest BCUT2D eigenvalue weighted by atomic mass is 9.96. The maximum Gasteiger partial charge on any atom is 0.106 e. The van der Waals surface area contributed by atoms with Gasteiger partial charge in [0.15, 0.2) is 0 Å². The minimum absolute atomic E-state index is 0.150. The highest BCUT2D eigenvalue weighted by Gasteiger charge is 2.22. The molecule has 1 atom stereocenters. The van der Waals surface area contributed by atoms with Gasteiger partial charge in [0.05, 0.1) is 12.3 Å². The van der Waals surface area contributed by atoms with E-state index in [1.165, 1.54) is 30.7 Å². The zero-order chi connectivity index (χ0) is 14.6. The number of likely N-dealkylation sites (N-methyl/N-ethyl adjacent to an activating group) is 1. The summed E-state index contributed by atoms with van der Waals surface area (Å²) in [5, 5.41) is 12.9. The maximum absolute atomic E-state index is 9.54. The Balaban J connectivity index is 1.96. The number of aliphatic hydroxyl groups is 1. The van der Waals surface area contributed by atoms with Crippen molar-refractivity contribution in [3.8, 4) is 0 Å². The third-order valence-corrected chi connectivity index (χ3v) is 4.49. The van der Waals surface area contributed by atoms with Gasteiger partial charge in [-0.3, -0.25) is 0 Å². The fourth-order valence-electron chi connectivity index (χ4n) is 3.31. The van der Waals surface area contributed by atoms with Gasteiger partial charge in [-0.15, -0.1) is 0 Å². The van der Waals surface area contributed by atoms with E-state index in [2.05, 4.69) is 30.7 Å². The summed E-state index contributed by atoms with van der Waals surface area (Å²) in [5.74, 6) is 1.16. The first-order chi connectivity index (χ1) is 9.59. The van der Waals surface area contributed by atoms with Crippen molar-refractivity contribution in [1.29, 1.82) is 0 Å². The number of nitrogens with one attached hydrogen (secondary N) is 1. The van der Waals surface area contributed by atoms with Crippen molar-refractivity contribution in [1.82, 2.24) is 14.9 Å². The first-order valence-corrected chi connectivity index (χ1v) is 8.00. The molecule has 0 aliphatic heterocycles. The van der Waals surface area contributed by atoms with E-state index < -0.39 is 0 Å². The lowest BCUT2D eigenvalue weighted by Crippen LogP contribution is -2.45. The zero-order valence-corrected chi connectivity index (χ0v) is 13.2. The molecule has 2 rings (SSSR count). The van der Waals surface area contributed by atoms with Crippen LogP contribution in [0.5, 0.6) is 0 Å². The van der Waals surface area contributed by atoms with E-state index in [4.69, 9.17) is 4.98 Å². The number of nitrogens with zero attached hydrogens (tertiary/aromatic N) is 2. The van der Waals surface area contributed by atoms with Crippen LogP contribution in [0, 0.1) is 6.92 Å². The van der Waals surface area contributed by atoms with Gasteiger partial charge in [-0.05, 0) is 58.9 Å². The van der Waals surface area contributed by atoms with E-state index in [1.54, 1.807) is 0 Å². The summed E-state index contributed by atoms with van der Waals surface area (Å²) >= 11 is 0. The Hall–Kier alpha value is -0.870. The minimum Gasteiger partial charge on any atom is -0.394 e. The molecular formula is C16H29N3O. The molecule has 1 aliphatic rings. The molecule has 1 aromatic rings. The molecule has 4 heteroatoms. The lowest BCUT2D eigenvalue weighted by Gasteiger charge is -2.28. The molecule has 0 saturated carbocycles. The highest BCUT2D eigenvalue weighted by Crippen LogP contribution is 2.23. The summed E-state index contributed by atoms with van der Waals surface area (Å²) < 4.78 is 2.40. The molecular weight excluding hydrogens is 250 g/mol. The summed E-state index contributed by atoms with van der Waals surface area (Å²) in [5.41, 5.74) is 2.64. The van der Waals surface area contributed by atoms with Crippen molar-refractivity contribution in [2.75, 3.05) is 13.2 Å². The fraction of sp³-hybridized carbons (Fsp3) is 0.812. The van der Waals surface area contributed by atoms with Crippen LogP contribution in [0.4, 0.5) is 0 Å². The highest BCUT2D eigenvalue weighted by molar-refractivity contribution is 5.19. The Kier molecular flexibility index (Phi) is 5.22. The van der Waals surface area contributed by atoms with Crippen LogP contribution in [-0.4, -0.2) is 33.3 Å². The van der Waals surface area contributed by atoms with Crippen LogP contribution in [-0.2, 0) is 19.4 Å². The average Bonchev–Trinajstić information content (AvgIpc) is 2.75. The molecule has 0 fully saturated rings. The molecule has 2 N–H and O–H groups in total. The number of fused-ring (bicyclic) bond motifs is 1. The van der Waals surface area contributed by atoms with Gasteiger partial charge in [-0.1, -0.05) is 6.92 Å². The van der Waals surface area contributed by atoms with E-state index in [9.17, 15) is 5.11 Å². The normalized spacial score (nSPS) is 17.8. The number of aryl methyl sites for hydroxylation is 2. The van der Waals surface area contributed by atoms with Crippen LogP contribution < -0.4 is 5.32 Å². The second-order valence-corrected chi connectivity index (χ2v) is 6.26. The Bertz CT molecular complexity index is 441. The van der Waals surface area contributed by atoms with Gasteiger partial charge in [0, 0.05) is 17.8 Å². The van der Waals surface area contributed by atoms with Gasteiger partial charge in [-0.25, -0.2) is 4.98 Å². The molecule has 0 bridgehead atoms. The largest absolute Gasteiger partial charge is 0.394 e. The third kappa shape index (κ3) is 3.41. The number of rotatable bonds is 7. The molecule has 0 aromatic carbocycles. The quantitative estimate of drug-likeness (QED) is 0.804. The number of hydrogen-bond acceptors (Lipinski definition) is 3. The second-order valence-electron chi connectivity index (χ2n) is 6.26. The molecule has 1 aliphatic carbocycles. The molecule has 0 saturated heterocycles. The Morgan fingerprint density at radius 3 is 2.80 bits per heavy atom. The van der Waals surface area contributed by atoms with E-state index in [1.807, 2.05) is 0 Å². The monoisotopic (exact) mass is 279 g/mol. The molecule has 1 unspecified atom stereocenters. The first-order valence-electron chi connectivity index (χ1n) is 8.00. The lowest BCUT2D eigenvalue weighted by molar-refractivity contribution is 0.164. The van der Waals surface area contributed by atoms with Gasteiger partial charge in [-0.2, -0.15) is 0 Å². The van der Waals surface area contributed by atoms with Crippen molar-refractivity contribution < 1.29 is 5.11 Å². The third-order valence-electron chi connectivity index (χ3n) is 4.49. The summed E-state index contributed by atoms with van der Waals surface area (Å²) in [4.78, 5) is 4.72. The molecule has 20 heavy (non-hydrogen) atoms. The molecule has 0 spiro atoms. The van der Waals surface area contributed by atoms with Gasteiger partial charge >= 0.3 is 0 Å².